The van der Waals surface area contributed by atoms with Gasteiger partial charge in [0.15, 0.2) is 0 Å². The number of aliphatic hydroxyl groups excluding tert-OH is 1. The summed E-state index contributed by atoms with van der Waals surface area (Å²) in [4.78, 5) is 0. The van der Waals surface area contributed by atoms with E-state index in [2.05, 4.69) is 26.2 Å². The summed E-state index contributed by atoms with van der Waals surface area (Å²) in [5.74, 6) is 0.687. The van der Waals surface area contributed by atoms with E-state index in [1.165, 1.54) is 44.9 Å². The third-order valence-electron chi connectivity index (χ3n) is 7.57. The molecule has 0 heterocycles. The Hall–Kier alpha value is -1.79. The number of nitrogens with zero attached hydrogens (tertiary/aromatic N) is 1. The van der Waals surface area contributed by atoms with Gasteiger partial charge in [0.05, 0.1) is 20.2 Å². The summed E-state index contributed by atoms with van der Waals surface area (Å²) in [5, 5.41) is 34.4. The average Bonchev–Trinajstić information content (AvgIpc) is 2.86. The van der Waals surface area contributed by atoms with Gasteiger partial charge >= 0.3 is 0 Å². The first-order valence-corrected chi connectivity index (χ1v) is 14.1. The molecule has 210 valence electrons. The molecule has 0 radical (unpaired) electrons. The minimum Gasteiger partial charge on any atom is -1.00 e. The number of hydrogen-bond acceptors (Lipinski definition) is 4. The lowest BCUT2D eigenvalue weighted by atomic mass is 10.0. The number of benzene rings is 2. The largest absolute Gasteiger partial charge is 1.00 e. The molecular formula is C31H51ClN2O3. The fourth-order valence-electron chi connectivity index (χ4n) is 5.20. The molecule has 2 aromatic rings. The normalized spacial score (nSPS) is 14.5. The molecule has 3 atom stereocenters. The molecular weight excluding hydrogens is 484 g/mol. The van der Waals surface area contributed by atoms with Gasteiger partial charge in [-0.05, 0) is 43.0 Å². The lowest BCUT2D eigenvalue weighted by Gasteiger charge is -2.43. The van der Waals surface area contributed by atoms with Crippen LogP contribution < -0.4 is 17.7 Å². The van der Waals surface area contributed by atoms with Crippen LogP contribution >= 0.6 is 0 Å². The van der Waals surface area contributed by atoms with Crippen molar-refractivity contribution in [1.82, 2.24) is 5.32 Å². The molecule has 0 amide bonds. The van der Waals surface area contributed by atoms with E-state index in [9.17, 15) is 15.3 Å². The Morgan fingerprint density at radius 3 is 1.89 bits per heavy atom. The summed E-state index contributed by atoms with van der Waals surface area (Å²) in [5.41, 5.74) is 1.90. The predicted octanol–water partition coefficient (Wildman–Crippen LogP) is 3.16. The van der Waals surface area contributed by atoms with Crippen LogP contribution in [0.3, 0.4) is 0 Å². The van der Waals surface area contributed by atoms with Crippen molar-refractivity contribution >= 4 is 0 Å². The van der Waals surface area contributed by atoms with Gasteiger partial charge in [-0.3, -0.25) is 5.32 Å². The quantitative estimate of drug-likeness (QED) is 0.127. The molecule has 5 nitrogen and oxygen atoms in total. The third kappa shape index (κ3) is 12.1. The van der Waals surface area contributed by atoms with Gasteiger partial charge in [0.25, 0.3) is 0 Å². The number of rotatable bonds is 19. The summed E-state index contributed by atoms with van der Waals surface area (Å²) < 4.78 is 0.701. The molecule has 6 heteroatoms. The van der Waals surface area contributed by atoms with Gasteiger partial charge in [0, 0.05) is 18.9 Å². The van der Waals surface area contributed by atoms with Crippen LogP contribution in [0.4, 0.5) is 0 Å². The van der Waals surface area contributed by atoms with E-state index in [0.717, 1.165) is 43.4 Å². The molecule has 0 spiro atoms. The number of unbranched alkanes of at least 4 members (excludes halogenated alkanes) is 7. The zero-order valence-corrected chi connectivity index (χ0v) is 24.1. The Morgan fingerprint density at radius 2 is 1.32 bits per heavy atom. The first-order valence-electron chi connectivity index (χ1n) is 14.1. The van der Waals surface area contributed by atoms with Gasteiger partial charge in [0.1, 0.15) is 24.2 Å². The molecule has 0 aliphatic rings. The molecule has 0 aliphatic heterocycles. The first-order chi connectivity index (χ1) is 17.4. The topological polar surface area (TPSA) is 72.7 Å². The van der Waals surface area contributed by atoms with Gasteiger partial charge < -0.3 is 32.2 Å². The van der Waals surface area contributed by atoms with Crippen molar-refractivity contribution in [2.45, 2.75) is 96.7 Å². The molecule has 2 aromatic carbocycles. The van der Waals surface area contributed by atoms with Crippen molar-refractivity contribution in [3.63, 3.8) is 0 Å². The van der Waals surface area contributed by atoms with Crippen LogP contribution in [0.25, 0.3) is 0 Å². The smallest absolute Gasteiger partial charge is 0.142 e. The van der Waals surface area contributed by atoms with Crippen LogP contribution in [0.15, 0.2) is 48.5 Å². The van der Waals surface area contributed by atoms with E-state index in [0.29, 0.717) is 22.5 Å². The number of phenolic OH excluding ortho intramolecular Hbond substituents is 2. The summed E-state index contributed by atoms with van der Waals surface area (Å²) >= 11 is 0. The summed E-state index contributed by atoms with van der Waals surface area (Å²) in [7, 11) is 2.23. The summed E-state index contributed by atoms with van der Waals surface area (Å²) in [6, 6.07) is 15.3. The highest BCUT2D eigenvalue weighted by molar-refractivity contribution is 5.32. The summed E-state index contributed by atoms with van der Waals surface area (Å²) in [6.45, 7) is 6.05. The van der Waals surface area contributed by atoms with Crippen molar-refractivity contribution in [1.29, 1.82) is 0 Å². The molecule has 3 unspecified atom stereocenters. The minimum atomic E-state index is 0. The van der Waals surface area contributed by atoms with Crippen LogP contribution in [0.1, 0.15) is 82.8 Å². The Balaban J connectivity index is 0.00000684. The maximum Gasteiger partial charge on any atom is 0.142 e. The zero-order valence-electron chi connectivity index (χ0n) is 23.3. The number of aliphatic hydroxyl groups is 1. The molecule has 0 bridgehead atoms. The van der Waals surface area contributed by atoms with Crippen molar-refractivity contribution in [2.75, 3.05) is 26.7 Å². The Kier molecular flexibility index (Phi) is 16.6. The Morgan fingerprint density at radius 1 is 0.784 bits per heavy atom. The standard InChI is InChI=1S/C31H50N2O3.ClH/c1-4-5-6-7-8-9-10-11-20-31(32-26(2)25-28-17-13-15-19-30(28)36)33(3,23-24-34)22-21-27-16-12-14-18-29(27)35;/h12-19,26,31-32,34H,4-11,20-25H2,1-3H3,(H-,35,36);1H. The van der Waals surface area contributed by atoms with E-state index in [1.54, 1.807) is 12.1 Å². The van der Waals surface area contributed by atoms with Crippen LogP contribution in [-0.4, -0.2) is 58.8 Å². The van der Waals surface area contributed by atoms with E-state index in [1.807, 2.05) is 36.4 Å². The molecule has 0 saturated heterocycles. The number of aromatic hydroxyl groups is 2. The van der Waals surface area contributed by atoms with Gasteiger partial charge in [-0.15, -0.1) is 0 Å². The lowest BCUT2D eigenvalue weighted by Crippen LogP contribution is -3.00. The number of quaternary nitrogens is 1. The Labute approximate surface area is 231 Å². The second-order valence-electron chi connectivity index (χ2n) is 10.7. The van der Waals surface area contributed by atoms with Crippen molar-refractivity contribution < 1.29 is 32.2 Å². The highest BCUT2D eigenvalue weighted by atomic mass is 35.5. The van der Waals surface area contributed by atoms with Crippen molar-refractivity contribution in [3.8, 4) is 11.5 Å². The molecule has 2 rings (SSSR count). The molecule has 0 saturated carbocycles. The van der Waals surface area contributed by atoms with Gasteiger partial charge in [-0.2, -0.15) is 0 Å². The van der Waals surface area contributed by atoms with Crippen LogP contribution in [-0.2, 0) is 12.8 Å². The zero-order chi connectivity index (χ0) is 26.2. The number of likely N-dealkylation sites (N-methyl/N-ethyl adjacent to an activating group) is 1. The number of hydrogen-bond donors (Lipinski definition) is 4. The maximum atomic E-state index is 10.3. The molecule has 0 aromatic heterocycles. The predicted molar refractivity (Wildman–Crippen MR) is 150 cm³/mol. The van der Waals surface area contributed by atoms with Crippen molar-refractivity contribution in [2.24, 2.45) is 0 Å². The van der Waals surface area contributed by atoms with Gasteiger partial charge in [-0.1, -0.05) is 88.3 Å². The summed E-state index contributed by atoms with van der Waals surface area (Å²) in [6.07, 6.45) is 13.0. The van der Waals surface area contributed by atoms with Crippen LogP contribution in [0.2, 0.25) is 0 Å². The Bertz CT molecular complexity index is 866. The number of para-hydroxylation sites is 2. The highest BCUT2D eigenvalue weighted by Gasteiger charge is 2.33. The maximum absolute atomic E-state index is 10.3. The van der Waals surface area contributed by atoms with E-state index >= 15 is 0 Å². The molecule has 4 N–H and O–H groups in total. The first kappa shape index (κ1) is 33.2. The molecule has 0 fully saturated rings. The molecule has 37 heavy (non-hydrogen) atoms. The van der Waals surface area contributed by atoms with E-state index < -0.39 is 0 Å². The van der Waals surface area contributed by atoms with Crippen LogP contribution in [0.5, 0.6) is 11.5 Å². The van der Waals surface area contributed by atoms with Gasteiger partial charge in [0.2, 0.25) is 0 Å². The molecule has 0 aliphatic carbocycles. The number of nitrogens with one attached hydrogen (secondary N) is 1. The second kappa shape index (κ2) is 18.5. The SMILES string of the molecule is CCCCCCCCCCC(NC(C)Cc1ccccc1O)[N+](C)(CCO)CCc1ccccc1O.[Cl-]. The third-order valence-corrected chi connectivity index (χ3v) is 7.57. The van der Waals surface area contributed by atoms with Gasteiger partial charge in [-0.25, -0.2) is 0 Å². The lowest BCUT2D eigenvalue weighted by molar-refractivity contribution is -0.937. The van der Waals surface area contributed by atoms with E-state index in [-0.39, 0.29) is 31.2 Å². The number of halogens is 1. The number of phenols is 2. The van der Waals surface area contributed by atoms with Crippen LogP contribution in [0, 0.1) is 0 Å². The monoisotopic (exact) mass is 534 g/mol. The van der Waals surface area contributed by atoms with Crippen molar-refractivity contribution in [3.05, 3.63) is 59.7 Å². The van der Waals surface area contributed by atoms with E-state index in [4.69, 9.17) is 0 Å². The highest BCUT2D eigenvalue weighted by Crippen LogP contribution is 2.23. The fourth-order valence-corrected chi connectivity index (χ4v) is 5.20. The fraction of sp³-hybridized carbons (Fsp3) is 0.613. The minimum absolute atomic E-state index is 0. The average molecular weight is 535 g/mol. The second-order valence-corrected chi connectivity index (χ2v) is 10.7.